The molecule has 5 heteroatoms. The van der Waals surface area contributed by atoms with Crippen molar-refractivity contribution in [2.45, 2.75) is 18.9 Å². The van der Waals surface area contributed by atoms with Crippen LogP contribution < -0.4 is 15.8 Å². The molecular formula is C14H21N3O2. The van der Waals surface area contributed by atoms with Gasteiger partial charge in [-0.3, -0.25) is 4.98 Å². The Morgan fingerprint density at radius 1 is 1.68 bits per heavy atom. The normalized spacial score (nSPS) is 19.7. The van der Waals surface area contributed by atoms with Crippen molar-refractivity contribution in [2.75, 3.05) is 13.2 Å². The number of hydrogen-bond acceptors (Lipinski definition) is 5. The molecule has 2 rings (SSSR count). The van der Waals surface area contributed by atoms with Crippen LogP contribution >= 0.6 is 0 Å². The smallest absolute Gasteiger partial charge is 0.142 e. The van der Waals surface area contributed by atoms with Crippen LogP contribution in [-0.4, -0.2) is 24.2 Å². The van der Waals surface area contributed by atoms with Crippen LogP contribution in [0.15, 0.2) is 48.8 Å². The number of nitrogens with one attached hydrogen (secondary N) is 1. The first kappa shape index (κ1) is 13.4. The van der Waals surface area contributed by atoms with Crippen molar-refractivity contribution in [1.82, 2.24) is 10.3 Å². The summed E-state index contributed by atoms with van der Waals surface area (Å²) >= 11 is 0. The molecule has 3 N–H and O–H groups in total. The second-order valence-electron chi connectivity index (χ2n) is 4.30. The third kappa shape index (κ3) is 3.72. The molecule has 0 saturated carbocycles. The fourth-order valence-electron chi connectivity index (χ4n) is 2.04. The van der Waals surface area contributed by atoms with Crippen LogP contribution in [-0.2, 0) is 4.74 Å². The molecule has 0 amide bonds. The largest absolute Gasteiger partial charge is 0.486 e. The SMILES string of the molecule is C=CO/C(=C(\N)COc1cccnc1)[C@@H]1CCCN1.[HH]. The Balaban J connectivity index is 0.00000200. The molecule has 1 aromatic rings. The van der Waals surface area contributed by atoms with Crippen molar-refractivity contribution in [2.24, 2.45) is 5.73 Å². The summed E-state index contributed by atoms with van der Waals surface area (Å²) in [5.74, 6) is 1.39. The predicted octanol–water partition coefficient (Wildman–Crippen LogP) is 1.79. The van der Waals surface area contributed by atoms with E-state index in [1.807, 2.05) is 12.1 Å². The average Bonchev–Trinajstić information content (AvgIpc) is 2.97. The summed E-state index contributed by atoms with van der Waals surface area (Å²) in [6.45, 7) is 4.83. The maximum absolute atomic E-state index is 6.05. The van der Waals surface area contributed by atoms with E-state index < -0.39 is 0 Å². The van der Waals surface area contributed by atoms with Crippen LogP contribution in [0.3, 0.4) is 0 Å². The van der Waals surface area contributed by atoms with E-state index >= 15 is 0 Å². The van der Waals surface area contributed by atoms with Crippen LogP contribution in [0.25, 0.3) is 0 Å². The van der Waals surface area contributed by atoms with E-state index in [9.17, 15) is 0 Å². The number of hydrogen-bond donors (Lipinski definition) is 2. The maximum Gasteiger partial charge on any atom is 0.142 e. The Morgan fingerprint density at radius 3 is 3.21 bits per heavy atom. The third-order valence-corrected chi connectivity index (χ3v) is 2.93. The standard InChI is InChI=1S/C14H19N3O2.H2/c1-2-18-14(13-6-4-8-17-13)12(15)10-19-11-5-3-7-16-9-11;/h2-3,5,7,9,13,17H,1,4,6,8,10,15H2;1H/b14-12-;/t13-;/m0./s1. The van der Waals surface area contributed by atoms with Gasteiger partial charge in [-0.25, -0.2) is 0 Å². The van der Waals surface area contributed by atoms with E-state index in [2.05, 4.69) is 16.9 Å². The van der Waals surface area contributed by atoms with Crippen molar-refractivity contribution in [3.8, 4) is 5.75 Å². The number of pyridine rings is 1. The van der Waals surface area contributed by atoms with Crippen molar-refractivity contribution in [3.05, 3.63) is 48.8 Å². The van der Waals surface area contributed by atoms with Gasteiger partial charge >= 0.3 is 0 Å². The molecule has 1 aliphatic heterocycles. The maximum atomic E-state index is 6.05. The molecule has 1 saturated heterocycles. The molecule has 0 aliphatic carbocycles. The zero-order chi connectivity index (χ0) is 13.5. The molecule has 1 fully saturated rings. The quantitative estimate of drug-likeness (QED) is 0.766. The lowest BCUT2D eigenvalue weighted by Crippen LogP contribution is -2.28. The van der Waals surface area contributed by atoms with Crippen LogP contribution in [0.2, 0.25) is 0 Å². The Bertz CT molecular complexity index is 445. The summed E-state index contributed by atoms with van der Waals surface area (Å²) in [6.07, 6.45) is 6.87. The Hall–Kier alpha value is -2.01. The molecule has 0 unspecified atom stereocenters. The summed E-state index contributed by atoms with van der Waals surface area (Å²) < 4.78 is 11.0. The molecule has 104 valence electrons. The Kier molecular flexibility index (Phi) is 4.80. The lowest BCUT2D eigenvalue weighted by Gasteiger charge is -2.17. The second kappa shape index (κ2) is 6.80. The fraction of sp³-hybridized carbons (Fsp3) is 0.357. The van der Waals surface area contributed by atoms with Gasteiger partial charge in [0.25, 0.3) is 0 Å². The molecule has 1 aliphatic rings. The third-order valence-electron chi connectivity index (χ3n) is 2.93. The van der Waals surface area contributed by atoms with E-state index in [1.165, 1.54) is 6.26 Å². The highest BCUT2D eigenvalue weighted by Gasteiger charge is 2.22. The Labute approximate surface area is 114 Å². The minimum atomic E-state index is 0. The van der Waals surface area contributed by atoms with Crippen LogP contribution in [0, 0.1) is 0 Å². The van der Waals surface area contributed by atoms with E-state index in [0.717, 1.165) is 19.4 Å². The van der Waals surface area contributed by atoms with E-state index in [-0.39, 0.29) is 14.1 Å². The first-order valence-corrected chi connectivity index (χ1v) is 6.33. The summed E-state index contributed by atoms with van der Waals surface area (Å²) in [5.41, 5.74) is 6.63. The minimum Gasteiger partial charge on any atom is -0.486 e. The number of rotatable bonds is 6. The topological polar surface area (TPSA) is 69.4 Å². The highest BCUT2D eigenvalue weighted by Crippen LogP contribution is 2.18. The van der Waals surface area contributed by atoms with Crippen LogP contribution in [0.1, 0.15) is 14.3 Å². The van der Waals surface area contributed by atoms with Gasteiger partial charge < -0.3 is 20.5 Å². The molecule has 0 spiro atoms. The molecule has 5 nitrogen and oxygen atoms in total. The van der Waals surface area contributed by atoms with Gasteiger partial charge in [0, 0.05) is 7.62 Å². The van der Waals surface area contributed by atoms with Crippen LogP contribution in [0.4, 0.5) is 0 Å². The molecule has 19 heavy (non-hydrogen) atoms. The first-order valence-electron chi connectivity index (χ1n) is 6.33. The fourth-order valence-corrected chi connectivity index (χ4v) is 2.04. The van der Waals surface area contributed by atoms with Gasteiger partial charge in [0.1, 0.15) is 18.1 Å². The zero-order valence-corrected chi connectivity index (χ0v) is 10.8. The summed E-state index contributed by atoms with van der Waals surface area (Å²) in [4.78, 5) is 3.98. The molecule has 0 aromatic carbocycles. The van der Waals surface area contributed by atoms with Crippen molar-refractivity contribution in [3.63, 3.8) is 0 Å². The molecule has 0 radical (unpaired) electrons. The average molecular weight is 263 g/mol. The number of nitrogens with two attached hydrogens (primary N) is 1. The van der Waals surface area contributed by atoms with Crippen molar-refractivity contribution < 1.29 is 10.9 Å². The van der Waals surface area contributed by atoms with Gasteiger partial charge in [0.2, 0.25) is 0 Å². The summed E-state index contributed by atoms with van der Waals surface area (Å²) in [7, 11) is 0. The van der Waals surface area contributed by atoms with E-state index in [4.69, 9.17) is 15.2 Å². The van der Waals surface area contributed by atoms with Gasteiger partial charge in [-0.05, 0) is 31.5 Å². The Morgan fingerprint density at radius 2 is 2.58 bits per heavy atom. The summed E-state index contributed by atoms with van der Waals surface area (Å²) in [5, 5.41) is 3.34. The monoisotopic (exact) mass is 263 g/mol. The number of ether oxygens (including phenoxy) is 2. The zero-order valence-electron chi connectivity index (χ0n) is 10.8. The minimum absolute atomic E-state index is 0. The van der Waals surface area contributed by atoms with Gasteiger partial charge in [0.05, 0.1) is 24.2 Å². The van der Waals surface area contributed by atoms with Gasteiger partial charge in [-0.15, -0.1) is 0 Å². The van der Waals surface area contributed by atoms with Crippen molar-refractivity contribution >= 4 is 0 Å². The number of aromatic nitrogens is 1. The molecular weight excluding hydrogens is 242 g/mol. The highest BCUT2D eigenvalue weighted by atomic mass is 16.5. The van der Waals surface area contributed by atoms with E-state index in [0.29, 0.717) is 17.2 Å². The summed E-state index contributed by atoms with van der Waals surface area (Å²) in [6, 6.07) is 3.80. The molecule has 2 heterocycles. The first-order chi connectivity index (χ1) is 9.31. The highest BCUT2D eigenvalue weighted by molar-refractivity contribution is 5.19. The van der Waals surface area contributed by atoms with Gasteiger partial charge in [-0.1, -0.05) is 6.58 Å². The molecule has 0 bridgehead atoms. The van der Waals surface area contributed by atoms with E-state index in [1.54, 1.807) is 12.4 Å². The molecule has 1 atom stereocenters. The van der Waals surface area contributed by atoms with Crippen LogP contribution in [0.5, 0.6) is 5.75 Å². The molecule has 1 aromatic heterocycles. The number of nitrogens with zero attached hydrogens (tertiary/aromatic N) is 1. The van der Waals surface area contributed by atoms with Gasteiger partial charge in [-0.2, -0.15) is 0 Å². The lowest BCUT2D eigenvalue weighted by molar-refractivity contribution is 0.283. The second-order valence-corrected chi connectivity index (χ2v) is 4.30. The predicted molar refractivity (Wildman–Crippen MR) is 75.4 cm³/mol. The lowest BCUT2D eigenvalue weighted by atomic mass is 10.1. The van der Waals surface area contributed by atoms with Crippen molar-refractivity contribution in [1.29, 1.82) is 0 Å². The van der Waals surface area contributed by atoms with Gasteiger partial charge in [0.15, 0.2) is 0 Å².